The predicted octanol–water partition coefficient (Wildman–Crippen LogP) is 2.15. The van der Waals surface area contributed by atoms with Crippen LogP contribution in [0.1, 0.15) is 13.8 Å². The molecule has 1 saturated heterocycles. The SMILES string of the molecule is C[C@@H]1CN(c2nc3ccc(F)cc3o2)C[C@H](C)N1. The van der Waals surface area contributed by atoms with Crippen molar-refractivity contribution in [2.75, 3.05) is 18.0 Å². The maximum atomic E-state index is 13.1. The Bertz CT molecular complexity index is 558. The molecule has 0 radical (unpaired) electrons. The van der Waals surface area contributed by atoms with Crippen LogP contribution in [0.3, 0.4) is 0 Å². The van der Waals surface area contributed by atoms with Crippen molar-refractivity contribution in [3.05, 3.63) is 24.0 Å². The second kappa shape index (κ2) is 4.24. The molecule has 2 aromatic rings. The third-order valence-electron chi connectivity index (χ3n) is 3.17. The molecule has 0 unspecified atom stereocenters. The number of fused-ring (bicyclic) bond motifs is 1. The molecule has 0 spiro atoms. The third kappa shape index (κ3) is 2.06. The smallest absolute Gasteiger partial charge is 0.298 e. The summed E-state index contributed by atoms with van der Waals surface area (Å²) in [4.78, 5) is 6.51. The maximum absolute atomic E-state index is 13.1. The van der Waals surface area contributed by atoms with Gasteiger partial charge in [0.05, 0.1) is 0 Å². The van der Waals surface area contributed by atoms with Crippen molar-refractivity contribution in [1.29, 1.82) is 0 Å². The quantitative estimate of drug-likeness (QED) is 0.841. The third-order valence-corrected chi connectivity index (χ3v) is 3.17. The lowest BCUT2D eigenvalue weighted by Gasteiger charge is -2.35. The molecule has 1 aliphatic heterocycles. The van der Waals surface area contributed by atoms with Crippen LogP contribution in [0.5, 0.6) is 0 Å². The maximum Gasteiger partial charge on any atom is 0.298 e. The van der Waals surface area contributed by atoms with E-state index < -0.39 is 0 Å². The van der Waals surface area contributed by atoms with Crippen LogP contribution in [0.2, 0.25) is 0 Å². The normalized spacial score (nSPS) is 24.7. The zero-order valence-electron chi connectivity index (χ0n) is 10.5. The van der Waals surface area contributed by atoms with E-state index in [1.807, 2.05) is 0 Å². The largest absolute Gasteiger partial charge is 0.423 e. The Balaban J connectivity index is 1.93. The number of hydrogen-bond acceptors (Lipinski definition) is 4. The Kier molecular flexibility index (Phi) is 2.70. The fourth-order valence-corrected chi connectivity index (χ4v) is 2.50. The lowest BCUT2D eigenvalue weighted by Crippen LogP contribution is -2.54. The first-order chi connectivity index (χ1) is 8.61. The van der Waals surface area contributed by atoms with E-state index in [1.165, 1.54) is 12.1 Å². The van der Waals surface area contributed by atoms with Crippen molar-refractivity contribution in [2.24, 2.45) is 0 Å². The number of oxazole rings is 1. The van der Waals surface area contributed by atoms with E-state index in [1.54, 1.807) is 6.07 Å². The minimum absolute atomic E-state index is 0.299. The van der Waals surface area contributed by atoms with E-state index in [4.69, 9.17) is 4.42 Å². The Hall–Kier alpha value is -1.62. The molecule has 1 aliphatic rings. The van der Waals surface area contributed by atoms with E-state index in [2.05, 4.69) is 29.0 Å². The Morgan fingerprint density at radius 2 is 2.06 bits per heavy atom. The molecule has 0 amide bonds. The molecule has 18 heavy (non-hydrogen) atoms. The Morgan fingerprint density at radius 1 is 1.33 bits per heavy atom. The van der Waals surface area contributed by atoms with Crippen LogP contribution in [0.4, 0.5) is 10.4 Å². The lowest BCUT2D eigenvalue weighted by molar-refractivity contribution is 0.388. The van der Waals surface area contributed by atoms with Crippen LogP contribution in [-0.4, -0.2) is 30.2 Å². The minimum Gasteiger partial charge on any atom is -0.423 e. The lowest BCUT2D eigenvalue weighted by atomic mass is 10.2. The number of rotatable bonds is 1. The summed E-state index contributed by atoms with van der Waals surface area (Å²) >= 11 is 0. The molecule has 1 aromatic carbocycles. The predicted molar refractivity (Wildman–Crippen MR) is 68.2 cm³/mol. The summed E-state index contributed by atoms with van der Waals surface area (Å²) < 4.78 is 18.7. The second-order valence-electron chi connectivity index (χ2n) is 4.98. The molecular weight excluding hydrogens is 233 g/mol. The van der Waals surface area contributed by atoms with E-state index in [0.717, 1.165) is 13.1 Å². The first-order valence-electron chi connectivity index (χ1n) is 6.19. The highest BCUT2D eigenvalue weighted by molar-refractivity contribution is 5.74. The summed E-state index contributed by atoms with van der Waals surface area (Å²) in [6.45, 7) is 5.95. The summed E-state index contributed by atoms with van der Waals surface area (Å²) in [6, 6.07) is 5.78. The number of anilines is 1. The molecule has 0 bridgehead atoms. The Morgan fingerprint density at radius 3 is 2.78 bits per heavy atom. The molecule has 0 aliphatic carbocycles. The number of hydrogen-bond donors (Lipinski definition) is 1. The zero-order valence-corrected chi connectivity index (χ0v) is 10.5. The van der Waals surface area contributed by atoms with E-state index in [9.17, 15) is 4.39 Å². The van der Waals surface area contributed by atoms with Crippen molar-refractivity contribution < 1.29 is 8.81 Å². The highest BCUT2D eigenvalue weighted by Gasteiger charge is 2.24. The number of aromatic nitrogens is 1. The highest BCUT2D eigenvalue weighted by Crippen LogP contribution is 2.24. The van der Waals surface area contributed by atoms with Crippen LogP contribution < -0.4 is 10.2 Å². The van der Waals surface area contributed by atoms with Gasteiger partial charge in [0.15, 0.2) is 5.58 Å². The number of piperazine rings is 1. The van der Waals surface area contributed by atoms with Gasteiger partial charge in [-0.1, -0.05) is 0 Å². The molecule has 1 aromatic heterocycles. The molecular formula is C13H16FN3O. The van der Waals surface area contributed by atoms with Crippen molar-refractivity contribution in [1.82, 2.24) is 10.3 Å². The van der Waals surface area contributed by atoms with Gasteiger partial charge < -0.3 is 14.6 Å². The van der Waals surface area contributed by atoms with Crippen LogP contribution in [0.15, 0.2) is 22.6 Å². The van der Waals surface area contributed by atoms with Gasteiger partial charge in [-0.05, 0) is 26.0 Å². The monoisotopic (exact) mass is 249 g/mol. The number of nitrogens with one attached hydrogen (secondary N) is 1. The first kappa shape index (κ1) is 11.5. The number of halogens is 1. The topological polar surface area (TPSA) is 41.3 Å². The van der Waals surface area contributed by atoms with Gasteiger partial charge in [-0.25, -0.2) is 4.39 Å². The van der Waals surface area contributed by atoms with Gasteiger partial charge in [0, 0.05) is 31.2 Å². The molecule has 5 heteroatoms. The average molecular weight is 249 g/mol. The summed E-state index contributed by atoms with van der Waals surface area (Å²) in [6.07, 6.45) is 0. The second-order valence-corrected chi connectivity index (χ2v) is 4.98. The molecule has 2 heterocycles. The summed E-state index contributed by atoms with van der Waals surface area (Å²) in [5.74, 6) is -0.299. The molecule has 3 rings (SSSR count). The van der Waals surface area contributed by atoms with Crippen LogP contribution in [0.25, 0.3) is 11.1 Å². The van der Waals surface area contributed by atoms with Gasteiger partial charge in [0.1, 0.15) is 11.3 Å². The zero-order chi connectivity index (χ0) is 12.7. The summed E-state index contributed by atoms with van der Waals surface area (Å²) in [7, 11) is 0. The van der Waals surface area contributed by atoms with Crippen molar-refractivity contribution >= 4 is 17.1 Å². The molecule has 1 N–H and O–H groups in total. The number of nitrogens with zero attached hydrogens (tertiary/aromatic N) is 2. The van der Waals surface area contributed by atoms with Gasteiger partial charge in [-0.15, -0.1) is 0 Å². The minimum atomic E-state index is -0.299. The summed E-state index contributed by atoms with van der Waals surface area (Å²) in [5, 5.41) is 3.45. The Labute approximate surface area is 105 Å². The average Bonchev–Trinajstić information content (AvgIpc) is 2.70. The molecule has 96 valence electrons. The fraction of sp³-hybridized carbons (Fsp3) is 0.462. The van der Waals surface area contributed by atoms with E-state index >= 15 is 0 Å². The molecule has 0 saturated carbocycles. The van der Waals surface area contributed by atoms with Crippen molar-refractivity contribution in [3.63, 3.8) is 0 Å². The van der Waals surface area contributed by atoms with E-state index in [-0.39, 0.29) is 5.82 Å². The molecule has 2 atom stereocenters. The fourth-order valence-electron chi connectivity index (χ4n) is 2.50. The van der Waals surface area contributed by atoms with Gasteiger partial charge in [-0.2, -0.15) is 4.98 Å². The van der Waals surface area contributed by atoms with Gasteiger partial charge in [0.2, 0.25) is 0 Å². The highest BCUT2D eigenvalue weighted by atomic mass is 19.1. The standard InChI is InChI=1S/C13H16FN3O/c1-8-6-17(7-9(2)15-8)13-16-11-4-3-10(14)5-12(11)18-13/h3-5,8-9,15H,6-7H2,1-2H3/t8-,9+. The first-order valence-corrected chi connectivity index (χ1v) is 6.19. The van der Waals surface area contributed by atoms with Crippen LogP contribution >= 0.6 is 0 Å². The molecule has 1 fully saturated rings. The summed E-state index contributed by atoms with van der Waals surface area (Å²) in [5.41, 5.74) is 1.20. The van der Waals surface area contributed by atoms with Crippen LogP contribution in [0, 0.1) is 5.82 Å². The van der Waals surface area contributed by atoms with Crippen molar-refractivity contribution in [3.8, 4) is 0 Å². The van der Waals surface area contributed by atoms with E-state index in [0.29, 0.717) is 29.2 Å². The van der Waals surface area contributed by atoms with Crippen LogP contribution in [-0.2, 0) is 0 Å². The molecule has 4 nitrogen and oxygen atoms in total. The van der Waals surface area contributed by atoms with Gasteiger partial charge in [0.25, 0.3) is 6.01 Å². The van der Waals surface area contributed by atoms with Gasteiger partial charge >= 0.3 is 0 Å². The van der Waals surface area contributed by atoms with Gasteiger partial charge in [-0.3, -0.25) is 0 Å². The van der Waals surface area contributed by atoms with Crippen molar-refractivity contribution in [2.45, 2.75) is 25.9 Å². The number of benzene rings is 1.